The summed E-state index contributed by atoms with van der Waals surface area (Å²) in [4.78, 5) is 12.4. The summed E-state index contributed by atoms with van der Waals surface area (Å²) in [6, 6.07) is 0. The molecule has 2 heteroatoms. The summed E-state index contributed by atoms with van der Waals surface area (Å²) in [5.41, 5.74) is 0. The van der Waals surface area contributed by atoms with Crippen molar-refractivity contribution in [3.63, 3.8) is 0 Å². The molecule has 0 aromatic heterocycles. The van der Waals surface area contributed by atoms with E-state index in [1.165, 1.54) is 25.9 Å². The van der Waals surface area contributed by atoms with Gasteiger partial charge in [-0.1, -0.05) is 12.2 Å². The van der Waals surface area contributed by atoms with Crippen molar-refractivity contribution < 1.29 is 4.79 Å². The lowest BCUT2D eigenvalue weighted by atomic mass is 9.94. The standard InChI is InChI=1S/C11H19NO/c1-12-8-6-11(7-9-12)5-3-2-4-10-13/h2-3,10-11H,4-9H2,1H3/b3-2-. The van der Waals surface area contributed by atoms with Gasteiger partial charge in [0.2, 0.25) is 0 Å². The van der Waals surface area contributed by atoms with E-state index in [2.05, 4.69) is 18.0 Å². The summed E-state index contributed by atoms with van der Waals surface area (Å²) in [5.74, 6) is 0.846. The largest absolute Gasteiger partial charge is 0.306 e. The number of piperidine rings is 1. The third kappa shape index (κ3) is 4.23. The topological polar surface area (TPSA) is 20.3 Å². The molecule has 0 N–H and O–H groups in total. The van der Waals surface area contributed by atoms with Crippen LogP contribution in [0, 0.1) is 5.92 Å². The first-order chi connectivity index (χ1) is 6.33. The Labute approximate surface area is 80.6 Å². The molecule has 0 aromatic carbocycles. The third-order valence-electron chi connectivity index (χ3n) is 2.71. The fraction of sp³-hybridized carbons (Fsp3) is 0.727. The second-order valence-corrected chi connectivity index (χ2v) is 3.86. The summed E-state index contributed by atoms with van der Waals surface area (Å²) in [6.07, 6.45) is 9.43. The minimum Gasteiger partial charge on any atom is -0.306 e. The Morgan fingerprint density at radius 3 is 2.62 bits per heavy atom. The van der Waals surface area contributed by atoms with Gasteiger partial charge < -0.3 is 9.69 Å². The van der Waals surface area contributed by atoms with Crippen molar-refractivity contribution in [2.45, 2.75) is 25.7 Å². The van der Waals surface area contributed by atoms with Crippen LogP contribution in [0.5, 0.6) is 0 Å². The highest BCUT2D eigenvalue weighted by Crippen LogP contribution is 2.19. The first-order valence-electron chi connectivity index (χ1n) is 5.10. The summed E-state index contributed by atoms with van der Waals surface area (Å²) < 4.78 is 0. The van der Waals surface area contributed by atoms with E-state index in [0.717, 1.165) is 18.6 Å². The van der Waals surface area contributed by atoms with Gasteiger partial charge in [-0.2, -0.15) is 0 Å². The molecule has 1 heterocycles. The van der Waals surface area contributed by atoms with Crippen LogP contribution in [0.4, 0.5) is 0 Å². The molecule has 1 fully saturated rings. The number of nitrogens with zero attached hydrogens (tertiary/aromatic N) is 1. The molecule has 1 aliphatic rings. The number of hydrogen-bond acceptors (Lipinski definition) is 2. The van der Waals surface area contributed by atoms with E-state index < -0.39 is 0 Å². The molecule has 1 aliphatic heterocycles. The SMILES string of the molecule is CN1CCC(C/C=C\CC=O)CC1. The van der Waals surface area contributed by atoms with Gasteiger partial charge in [0, 0.05) is 6.42 Å². The minimum atomic E-state index is 0.576. The first-order valence-corrected chi connectivity index (χ1v) is 5.10. The van der Waals surface area contributed by atoms with Crippen molar-refractivity contribution in [3.8, 4) is 0 Å². The van der Waals surface area contributed by atoms with E-state index >= 15 is 0 Å². The number of hydrogen-bond donors (Lipinski definition) is 0. The second kappa shape index (κ2) is 5.92. The first kappa shape index (κ1) is 10.5. The van der Waals surface area contributed by atoms with Gasteiger partial charge >= 0.3 is 0 Å². The normalized spacial score (nSPS) is 21.0. The zero-order valence-electron chi connectivity index (χ0n) is 8.41. The van der Waals surface area contributed by atoms with E-state index in [1.807, 2.05) is 6.08 Å². The van der Waals surface area contributed by atoms with Gasteiger partial charge in [-0.3, -0.25) is 0 Å². The van der Waals surface area contributed by atoms with Gasteiger partial charge in [-0.25, -0.2) is 0 Å². The fourth-order valence-corrected chi connectivity index (χ4v) is 1.74. The smallest absolute Gasteiger partial charge is 0.123 e. The highest BCUT2D eigenvalue weighted by Gasteiger charge is 2.14. The monoisotopic (exact) mass is 181 g/mol. The highest BCUT2D eigenvalue weighted by molar-refractivity contribution is 5.51. The van der Waals surface area contributed by atoms with Crippen molar-refractivity contribution in [1.29, 1.82) is 0 Å². The van der Waals surface area contributed by atoms with Crippen molar-refractivity contribution >= 4 is 6.29 Å². The van der Waals surface area contributed by atoms with E-state index in [0.29, 0.717) is 6.42 Å². The molecule has 2 nitrogen and oxygen atoms in total. The fourth-order valence-electron chi connectivity index (χ4n) is 1.74. The molecule has 0 saturated carbocycles. The van der Waals surface area contributed by atoms with Crippen molar-refractivity contribution in [3.05, 3.63) is 12.2 Å². The van der Waals surface area contributed by atoms with Crippen LogP contribution in [0.3, 0.4) is 0 Å². The molecule has 0 radical (unpaired) electrons. The molecular formula is C11H19NO. The minimum absolute atomic E-state index is 0.576. The molecule has 74 valence electrons. The molecule has 0 amide bonds. The van der Waals surface area contributed by atoms with Gasteiger partial charge in [0.05, 0.1) is 0 Å². The summed E-state index contributed by atoms with van der Waals surface area (Å²) in [7, 11) is 2.18. The third-order valence-corrected chi connectivity index (χ3v) is 2.71. The van der Waals surface area contributed by atoms with Crippen LogP contribution in [-0.4, -0.2) is 31.3 Å². The van der Waals surface area contributed by atoms with Gasteiger partial charge in [-0.05, 0) is 45.3 Å². The van der Waals surface area contributed by atoms with Crippen molar-refractivity contribution in [2.75, 3.05) is 20.1 Å². The lowest BCUT2D eigenvalue weighted by Crippen LogP contribution is -2.29. The predicted molar refractivity (Wildman–Crippen MR) is 54.7 cm³/mol. The Morgan fingerprint density at radius 2 is 2.00 bits per heavy atom. The van der Waals surface area contributed by atoms with Crippen LogP contribution in [0.15, 0.2) is 12.2 Å². The number of carbonyl (C=O) groups excluding carboxylic acids is 1. The van der Waals surface area contributed by atoms with Crippen LogP contribution >= 0.6 is 0 Å². The number of allylic oxidation sites excluding steroid dienone is 2. The van der Waals surface area contributed by atoms with Gasteiger partial charge in [0.25, 0.3) is 0 Å². The van der Waals surface area contributed by atoms with Crippen LogP contribution in [0.25, 0.3) is 0 Å². The van der Waals surface area contributed by atoms with Crippen LogP contribution < -0.4 is 0 Å². The quantitative estimate of drug-likeness (QED) is 0.487. The zero-order chi connectivity index (χ0) is 9.52. The molecule has 0 unspecified atom stereocenters. The Hall–Kier alpha value is -0.630. The molecule has 0 aromatic rings. The molecule has 0 aliphatic carbocycles. The van der Waals surface area contributed by atoms with E-state index in [9.17, 15) is 4.79 Å². The molecule has 0 bridgehead atoms. The maximum absolute atomic E-state index is 10.0. The van der Waals surface area contributed by atoms with Crippen molar-refractivity contribution in [1.82, 2.24) is 4.90 Å². The molecule has 1 rings (SSSR count). The van der Waals surface area contributed by atoms with Crippen molar-refractivity contribution in [2.24, 2.45) is 5.92 Å². The summed E-state index contributed by atoms with van der Waals surface area (Å²) >= 11 is 0. The van der Waals surface area contributed by atoms with Gasteiger partial charge in [0.15, 0.2) is 0 Å². The number of likely N-dealkylation sites (tertiary alicyclic amines) is 1. The molecule has 0 spiro atoms. The van der Waals surface area contributed by atoms with E-state index in [-0.39, 0.29) is 0 Å². The Bertz CT molecular complexity index is 169. The Balaban J connectivity index is 2.11. The molecule has 13 heavy (non-hydrogen) atoms. The average Bonchev–Trinajstić information content (AvgIpc) is 2.15. The van der Waals surface area contributed by atoms with Crippen LogP contribution in [0.1, 0.15) is 25.7 Å². The number of carbonyl (C=O) groups is 1. The van der Waals surface area contributed by atoms with E-state index in [4.69, 9.17) is 0 Å². The maximum atomic E-state index is 10.0. The zero-order valence-corrected chi connectivity index (χ0v) is 8.41. The van der Waals surface area contributed by atoms with Gasteiger partial charge in [-0.15, -0.1) is 0 Å². The highest BCUT2D eigenvalue weighted by atomic mass is 16.1. The van der Waals surface area contributed by atoms with Crippen LogP contribution in [-0.2, 0) is 4.79 Å². The summed E-state index contributed by atoms with van der Waals surface area (Å²) in [5, 5.41) is 0. The lowest BCUT2D eigenvalue weighted by molar-refractivity contribution is -0.107. The number of rotatable bonds is 4. The molecule has 0 atom stereocenters. The predicted octanol–water partition coefficient (Wildman–Crippen LogP) is 1.86. The molecular weight excluding hydrogens is 162 g/mol. The second-order valence-electron chi connectivity index (χ2n) is 3.86. The molecule has 1 saturated heterocycles. The van der Waals surface area contributed by atoms with Crippen LogP contribution in [0.2, 0.25) is 0 Å². The number of aldehydes is 1. The van der Waals surface area contributed by atoms with Gasteiger partial charge in [0.1, 0.15) is 6.29 Å². The average molecular weight is 181 g/mol. The lowest BCUT2D eigenvalue weighted by Gasteiger charge is -2.28. The van der Waals surface area contributed by atoms with E-state index in [1.54, 1.807) is 0 Å². The summed E-state index contributed by atoms with van der Waals surface area (Å²) in [6.45, 7) is 2.46. The Morgan fingerprint density at radius 1 is 1.31 bits per heavy atom. The Kier molecular flexibility index (Phi) is 4.76. The maximum Gasteiger partial charge on any atom is 0.123 e.